The molecule has 4 nitrogen and oxygen atoms in total. The molecule has 2 N–H and O–H groups in total. The third-order valence-electron chi connectivity index (χ3n) is 3.67. The molecular weight excluding hydrogens is 226 g/mol. The number of benzene rings is 1. The lowest BCUT2D eigenvalue weighted by Gasteiger charge is -2.36. The van der Waals surface area contributed by atoms with Gasteiger partial charge >= 0.3 is 0 Å². The second kappa shape index (κ2) is 6.07. The zero-order chi connectivity index (χ0) is 13.0. The number of ether oxygens (including phenoxy) is 1. The number of likely N-dealkylation sites (N-methyl/N-ethyl adjacent to an activating group) is 1. The van der Waals surface area contributed by atoms with Crippen LogP contribution in [0.5, 0.6) is 5.75 Å². The summed E-state index contributed by atoms with van der Waals surface area (Å²) in [6, 6.07) is 6.15. The Kier molecular flexibility index (Phi) is 4.44. The lowest BCUT2D eigenvalue weighted by Crippen LogP contribution is -2.46. The average Bonchev–Trinajstić information content (AvgIpc) is 2.46. The molecule has 2 rings (SSSR count). The Morgan fingerprint density at radius 2 is 1.94 bits per heavy atom. The lowest BCUT2D eigenvalue weighted by atomic mass is 10.1. The van der Waals surface area contributed by atoms with Crippen LogP contribution >= 0.6 is 0 Å². The van der Waals surface area contributed by atoms with Gasteiger partial charge in [-0.25, -0.2) is 0 Å². The van der Waals surface area contributed by atoms with Crippen molar-refractivity contribution in [3.63, 3.8) is 0 Å². The predicted octanol–water partition coefficient (Wildman–Crippen LogP) is 1.30. The van der Waals surface area contributed by atoms with Crippen LogP contribution in [0.1, 0.15) is 12.5 Å². The van der Waals surface area contributed by atoms with E-state index < -0.39 is 0 Å². The molecule has 0 aromatic heterocycles. The third-order valence-corrected chi connectivity index (χ3v) is 3.67. The van der Waals surface area contributed by atoms with Gasteiger partial charge in [-0.05, 0) is 18.2 Å². The normalized spacial score (nSPS) is 16.9. The molecule has 1 aromatic rings. The summed E-state index contributed by atoms with van der Waals surface area (Å²) in [4.78, 5) is 4.88. The molecule has 1 heterocycles. The molecule has 1 aliphatic rings. The quantitative estimate of drug-likeness (QED) is 0.873. The van der Waals surface area contributed by atoms with Crippen molar-refractivity contribution in [3.8, 4) is 5.75 Å². The van der Waals surface area contributed by atoms with Gasteiger partial charge in [0.2, 0.25) is 0 Å². The molecule has 1 saturated heterocycles. The molecule has 0 saturated carbocycles. The summed E-state index contributed by atoms with van der Waals surface area (Å²) in [6.07, 6.45) is 0. The molecule has 0 radical (unpaired) electrons. The van der Waals surface area contributed by atoms with Gasteiger partial charge in [0, 0.05) is 44.5 Å². The first-order valence-electron chi connectivity index (χ1n) is 6.62. The smallest absolute Gasteiger partial charge is 0.120 e. The maximum absolute atomic E-state index is 5.82. The van der Waals surface area contributed by atoms with Gasteiger partial charge in [-0.2, -0.15) is 0 Å². The highest BCUT2D eigenvalue weighted by Crippen LogP contribution is 2.26. The summed E-state index contributed by atoms with van der Waals surface area (Å²) in [5, 5.41) is 0. The molecule has 0 atom stereocenters. The number of nitrogens with two attached hydrogens (primary N) is 1. The van der Waals surface area contributed by atoms with Crippen LogP contribution in [0.15, 0.2) is 18.2 Å². The first-order valence-corrected chi connectivity index (χ1v) is 6.62. The molecule has 0 aliphatic carbocycles. The number of rotatable bonds is 4. The first-order chi connectivity index (χ1) is 8.78. The van der Waals surface area contributed by atoms with Gasteiger partial charge in [-0.1, -0.05) is 13.0 Å². The van der Waals surface area contributed by atoms with E-state index in [4.69, 9.17) is 10.5 Å². The first kappa shape index (κ1) is 13.2. The molecule has 1 fully saturated rings. The van der Waals surface area contributed by atoms with Crippen molar-refractivity contribution in [1.29, 1.82) is 0 Å². The summed E-state index contributed by atoms with van der Waals surface area (Å²) in [6.45, 7) is 8.30. The summed E-state index contributed by atoms with van der Waals surface area (Å²) in [5.41, 5.74) is 8.25. The van der Waals surface area contributed by atoms with Crippen LogP contribution in [-0.2, 0) is 6.54 Å². The molecular formula is C14H23N3O. The highest BCUT2D eigenvalue weighted by Gasteiger charge is 2.18. The van der Waals surface area contributed by atoms with E-state index in [1.807, 2.05) is 6.07 Å². The third kappa shape index (κ3) is 2.76. The summed E-state index contributed by atoms with van der Waals surface area (Å²) in [5.74, 6) is 0.903. The maximum Gasteiger partial charge on any atom is 0.120 e. The van der Waals surface area contributed by atoms with Crippen molar-refractivity contribution >= 4 is 5.69 Å². The molecule has 0 unspecified atom stereocenters. The topological polar surface area (TPSA) is 41.7 Å². The number of piperazine rings is 1. The molecule has 0 amide bonds. The largest absolute Gasteiger partial charge is 0.497 e. The van der Waals surface area contributed by atoms with E-state index in [0.29, 0.717) is 6.54 Å². The zero-order valence-electron chi connectivity index (χ0n) is 11.4. The molecule has 4 heteroatoms. The number of anilines is 1. The molecule has 1 aliphatic heterocycles. The van der Waals surface area contributed by atoms with E-state index in [2.05, 4.69) is 28.9 Å². The van der Waals surface area contributed by atoms with Crippen LogP contribution in [-0.4, -0.2) is 44.7 Å². The SMILES string of the molecule is CCN1CCN(c2cc(OC)ccc2CN)CC1. The van der Waals surface area contributed by atoms with Crippen LogP contribution in [0.25, 0.3) is 0 Å². The summed E-state index contributed by atoms with van der Waals surface area (Å²) < 4.78 is 5.31. The summed E-state index contributed by atoms with van der Waals surface area (Å²) >= 11 is 0. The Labute approximate surface area is 109 Å². The zero-order valence-corrected chi connectivity index (χ0v) is 11.4. The van der Waals surface area contributed by atoms with Gasteiger partial charge in [-0.3, -0.25) is 0 Å². The van der Waals surface area contributed by atoms with Gasteiger partial charge in [-0.15, -0.1) is 0 Å². The maximum atomic E-state index is 5.82. The Balaban J connectivity index is 2.16. The Bertz CT molecular complexity index is 387. The molecule has 100 valence electrons. The molecule has 0 spiro atoms. The number of hydrogen-bond donors (Lipinski definition) is 1. The van der Waals surface area contributed by atoms with Gasteiger partial charge in [0.05, 0.1) is 7.11 Å². The number of hydrogen-bond acceptors (Lipinski definition) is 4. The minimum atomic E-state index is 0.577. The monoisotopic (exact) mass is 249 g/mol. The highest BCUT2D eigenvalue weighted by atomic mass is 16.5. The number of methoxy groups -OCH3 is 1. The van der Waals surface area contributed by atoms with Crippen LogP contribution in [0.2, 0.25) is 0 Å². The van der Waals surface area contributed by atoms with Gasteiger partial charge in [0.25, 0.3) is 0 Å². The highest BCUT2D eigenvalue weighted by molar-refractivity contribution is 5.57. The standard InChI is InChI=1S/C14H23N3O/c1-3-16-6-8-17(9-7-16)14-10-13(18-2)5-4-12(14)11-15/h4-5,10H,3,6-9,11,15H2,1-2H3. The Morgan fingerprint density at radius 3 is 2.50 bits per heavy atom. The van der Waals surface area contributed by atoms with Crippen LogP contribution < -0.4 is 15.4 Å². The van der Waals surface area contributed by atoms with Crippen molar-refractivity contribution in [1.82, 2.24) is 4.90 Å². The van der Waals surface area contributed by atoms with Crippen LogP contribution in [0, 0.1) is 0 Å². The van der Waals surface area contributed by atoms with Gasteiger partial charge in [0.15, 0.2) is 0 Å². The van der Waals surface area contributed by atoms with Crippen LogP contribution in [0.3, 0.4) is 0 Å². The van der Waals surface area contributed by atoms with Crippen molar-refractivity contribution in [2.45, 2.75) is 13.5 Å². The summed E-state index contributed by atoms with van der Waals surface area (Å²) in [7, 11) is 1.70. The molecule has 18 heavy (non-hydrogen) atoms. The van der Waals surface area contributed by atoms with Gasteiger partial charge in [0.1, 0.15) is 5.75 Å². The fourth-order valence-corrected chi connectivity index (χ4v) is 2.44. The van der Waals surface area contributed by atoms with Crippen LogP contribution in [0.4, 0.5) is 5.69 Å². The Morgan fingerprint density at radius 1 is 1.22 bits per heavy atom. The van der Waals surface area contributed by atoms with E-state index in [1.165, 1.54) is 11.3 Å². The fourth-order valence-electron chi connectivity index (χ4n) is 2.44. The van der Waals surface area contributed by atoms with E-state index in [9.17, 15) is 0 Å². The fraction of sp³-hybridized carbons (Fsp3) is 0.571. The van der Waals surface area contributed by atoms with Crippen molar-refractivity contribution in [2.24, 2.45) is 5.73 Å². The molecule has 0 bridgehead atoms. The Hall–Kier alpha value is -1.26. The lowest BCUT2D eigenvalue weighted by molar-refractivity contribution is 0.271. The number of nitrogens with zero attached hydrogens (tertiary/aromatic N) is 2. The van der Waals surface area contributed by atoms with E-state index in [0.717, 1.165) is 38.5 Å². The van der Waals surface area contributed by atoms with E-state index >= 15 is 0 Å². The van der Waals surface area contributed by atoms with E-state index in [1.54, 1.807) is 7.11 Å². The van der Waals surface area contributed by atoms with E-state index in [-0.39, 0.29) is 0 Å². The predicted molar refractivity (Wildman–Crippen MR) is 75.2 cm³/mol. The van der Waals surface area contributed by atoms with Crippen molar-refractivity contribution in [2.75, 3.05) is 44.7 Å². The second-order valence-electron chi connectivity index (χ2n) is 4.62. The second-order valence-corrected chi connectivity index (χ2v) is 4.62. The molecule has 1 aromatic carbocycles. The van der Waals surface area contributed by atoms with Gasteiger partial charge < -0.3 is 20.3 Å². The average molecular weight is 249 g/mol. The minimum Gasteiger partial charge on any atom is -0.497 e. The van der Waals surface area contributed by atoms with Crippen molar-refractivity contribution < 1.29 is 4.74 Å². The van der Waals surface area contributed by atoms with Crippen molar-refractivity contribution in [3.05, 3.63) is 23.8 Å². The minimum absolute atomic E-state index is 0.577.